The minimum absolute atomic E-state index is 0.00668. The molecular weight excluding hydrogens is 532 g/mol. The number of likely N-dealkylation sites (N-methyl/N-ethyl adjacent to an activating group) is 1. The summed E-state index contributed by atoms with van der Waals surface area (Å²) in [6.07, 6.45) is -0.0971. The fourth-order valence-electron chi connectivity index (χ4n) is 4.63. The smallest absolute Gasteiger partial charge is 0.410 e. The Balaban J connectivity index is 1.88. The molecule has 13 nitrogen and oxygen atoms in total. The maximum Gasteiger partial charge on any atom is 0.410 e. The van der Waals surface area contributed by atoms with E-state index in [-0.39, 0.29) is 51.7 Å². The second kappa shape index (κ2) is 14.5. The molecule has 6 amide bonds. The molecule has 0 aliphatic carbocycles. The standard InChI is InChI=1S/C28H40N6O7/c1-18(2)14-22-27(39)32(4)19(3)25(37)31-21(15-20-8-6-5-7-9-20)26(38)29-10-11-33(16-23(35)30-22)24(36)17-34-12-13-41-28(34)40/h5-9,18-19,21-22H,10-17H2,1-4H3,(H,29,38)(H,30,35)(H,31,37)/t19-,21-,22-/m0/s1. The van der Waals surface area contributed by atoms with E-state index in [0.717, 1.165) is 5.56 Å². The molecule has 1 aromatic carbocycles. The Labute approximate surface area is 239 Å². The average Bonchev–Trinajstić information content (AvgIpc) is 3.33. The van der Waals surface area contributed by atoms with Gasteiger partial charge in [0, 0.05) is 26.6 Å². The van der Waals surface area contributed by atoms with Gasteiger partial charge in [-0.25, -0.2) is 4.79 Å². The summed E-state index contributed by atoms with van der Waals surface area (Å²) >= 11 is 0. The Morgan fingerprint density at radius 3 is 2.34 bits per heavy atom. The van der Waals surface area contributed by atoms with Crippen LogP contribution in [0, 0.1) is 5.92 Å². The van der Waals surface area contributed by atoms with E-state index in [1.807, 2.05) is 44.2 Å². The Morgan fingerprint density at radius 1 is 1.00 bits per heavy atom. The monoisotopic (exact) mass is 572 g/mol. The first kappa shape index (κ1) is 31.4. The van der Waals surface area contributed by atoms with Gasteiger partial charge >= 0.3 is 6.09 Å². The molecule has 2 fully saturated rings. The molecule has 0 aromatic heterocycles. The summed E-state index contributed by atoms with van der Waals surface area (Å²) < 4.78 is 4.89. The van der Waals surface area contributed by atoms with Gasteiger partial charge in [0.15, 0.2) is 0 Å². The highest BCUT2D eigenvalue weighted by Crippen LogP contribution is 2.12. The van der Waals surface area contributed by atoms with Crippen molar-refractivity contribution in [2.75, 3.05) is 46.4 Å². The van der Waals surface area contributed by atoms with Gasteiger partial charge in [-0.1, -0.05) is 44.2 Å². The van der Waals surface area contributed by atoms with Crippen molar-refractivity contribution in [3.8, 4) is 0 Å². The maximum absolute atomic E-state index is 13.5. The lowest BCUT2D eigenvalue weighted by molar-refractivity contribution is -0.142. The molecule has 0 unspecified atom stereocenters. The Hall–Kier alpha value is -4.16. The highest BCUT2D eigenvalue weighted by molar-refractivity contribution is 5.95. The Kier molecular flexibility index (Phi) is 11.1. The first-order chi connectivity index (χ1) is 19.5. The Morgan fingerprint density at radius 2 is 1.71 bits per heavy atom. The molecular formula is C28H40N6O7. The molecule has 13 heteroatoms. The zero-order valence-corrected chi connectivity index (χ0v) is 24.1. The lowest BCUT2D eigenvalue weighted by atomic mass is 10.0. The Bertz CT molecular complexity index is 1130. The fraction of sp³-hybridized carbons (Fsp3) is 0.571. The van der Waals surface area contributed by atoms with Crippen molar-refractivity contribution in [2.45, 2.75) is 51.7 Å². The van der Waals surface area contributed by atoms with Crippen LogP contribution >= 0.6 is 0 Å². The third kappa shape index (κ3) is 8.92. The average molecular weight is 573 g/mol. The molecule has 41 heavy (non-hydrogen) atoms. The summed E-state index contributed by atoms with van der Waals surface area (Å²) in [7, 11) is 1.47. The van der Waals surface area contributed by atoms with Crippen LogP contribution in [0.1, 0.15) is 32.8 Å². The van der Waals surface area contributed by atoms with Crippen LogP contribution in [0.25, 0.3) is 0 Å². The molecule has 2 aliphatic rings. The van der Waals surface area contributed by atoms with Crippen LogP contribution in [0.15, 0.2) is 30.3 Å². The first-order valence-electron chi connectivity index (χ1n) is 13.8. The number of nitrogens with one attached hydrogen (secondary N) is 3. The zero-order chi connectivity index (χ0) is 30.1. The van der Waals surface area contributed by atoms with E-state index in [1.54, 1.807) is 6.92 Å². The SMILES string of the molecule is CC(C)C[C@@H]1NC(=O)CN(C(=O)CN2CCOC2=O)CCNC(=O)[C@H](Cc2ccccc2)NC(=O)[C@H](C)N(C)C1=O. The zero-order valence-electron chi connectivity index (χ0n) is 24.1. The fourth-order valence-corrected chi connectivity index (χ4v) is 4.63. The lowest BCUT2D eigenvalue weighted by Crippen LogP contribution is -2.57. The van der Waals surface area contributed by atoms with Crippen LogP contribution in [-0.2, 0) is 35.1 Å². The highest BCUT2D eigenvalue weighted by atomic mass is 16.6. The quantitative estimate of drug-likeness (QED) is 0.415. The van der Waals surface area contributed by atoms with Crippen LogP contribution in [0.4, 0.5) is 4.79 Å². The van der Waals surface area contributed by atoms with Gasteiger partial charge in [-0.15, -0.1) is 0 Å². The summed E-state index contributed by atoms with van der Waals surface area (Å²) in [6, 6.07) is 6.37. The summed E-state index contributed by atoms with van der Waals surface area (Å²) in [5, 5.41) is 8.24. The van der Waals surface area contributed by atoms with E-state index < -0.39 is 53.8 Å². The first-order valence-corrected chi connectivity index (χ1v) is 13.8. The minimum atomic E-state index is -0.948. The number of amides is 6. The molecule has 3 atom stereocenters. The van der Waals surface area contributed by atoms with Crippen molar-refractivity contribution >= 4 is 35.6 Å². The number of ether oxygens (including phenoxy) is 1. The number of cyclic esters (lactones) is 1. The van der Waals surface area contributed by atoms with Crippen LogP contribution in [0.3, 0.4) is 0 Å². The van der Waals surface area contributed by atoms with E-state index in [2.05, 4.69) is 16.0 Å². The molecule has 3 rings (SSSR count). The molecule has 2 saturated heterocycles. The van der Waals surface area contributed by atoms with Gasteiger partial charge in [0.25, 0.3) is 0 Å². The van der Waals surface area contributed by atoms with Gasteiger partial charge in [-0.2, -0.15) is 0 Å². The van der Waals surface area contributed by atoms with Gasteiger partial charge < -0.3 is 30.5 Å². The third-order valence-corrected chi connectivity index (χ3v) is 7.10. The summed E-state index contributed by atoms with van der Waals surface area (Å²) in [4.78, 5) is 81.7. The molecule has 0 bridgehead atoms. The predicted molar refractivity (Wildman–Crippen MR) is 148 cm³/mol. The normalized spacial score (nSPS) is 23.4. The van der Waals surface area contributed by atoms with Crippen molar-refractivity contribution in [1.82, 2.24) is 30.7 Å². The maximum atomic E-state index is 13.5. The van der Waals surface area contributed by atoms with Crippen LogP contribution < -0.4 is 16.0 Å². The van der Waals surface area contributed by atoms with Crippen molar-refractivity contribution in [3.05, 3.63) is 35.9 Å². The van der Waals surface area contributed by atoms with E-state index in [1.165, 1.54) is 21.7 Å². The molecule has 1 aromatic rings. The number of nitrogens with zero attached hydrogens (tertiary/aromatic N) is 3. The number of hydrogen-bond acceptors (Lipinski definition) is 7. The molecule has 0 spiro atoms. The van der Waals surface area contributed by atoms with E-state index in [4.69, 9.17) is 4.74 Å². The topological polar surface area (TPSA) is 157 Å². The third-order valence-electron chi connectivity index (χ3n) is 7.10. The van der Waals surface area contributed by atoms with E-state index >= 15 is 0 Å². The number of carbonyl (C=O) groups excluding carboxylic acids is 6. The van der Waals surface area contributed by atoms with Gasteiger partial charge in [-0.05, 0) is 24.8 Å². The van der Waals surface area contributed by atoms with Crippen molar-refractivity contribution in [2.24, 2.45) is 5.92 Å². The number of hydrogen-bond donors (Lipinski definition) is 3. The predicted octanol–water partition coefficient (Wildman–Crippen LogP) is -0.498. The number of rotatable bonds is 6. The van der Waals surface area contributed by atoms with Gasteiger partial charge in [0.1, 0.15) is 31.3 Å². The lowest BCUT2D eigenvalue weighted by Gasteiger charge is -2.30. The molecule has 2 aliphatic heterocycles. The molecule has 2 heterocycles. The van der Waals surface area contributed by atoms with Gasteiger partial charge in [-0.3, -0.25) is 28.9 Å². The highest BCUT2D eigenvalue weighted by Gasteiger charge is 2.33. The minimum Gasteiger partial charge on any atom is -0.448 e. The largest absolute Gasteiger partial charge is 0.448 e. The number of benzene rings is 1. The second-order valence-electron chi connectivity index (χ2n) is 10.8. The van der Waals surface area contributed by atoms with Gasteiger partial charge in [0.2, 0.25) is 29.5 Å². The second-order valence-corrected chi connectivity index (χ2v) is 10.8. The van der Waals surface area contributed by atoms with Crippen LogP contribution in [-0.4, -0.2) is 115 Å². The molecule has 3 N–H and O–H groups in total. The van der Waals surface area contributed by atoms with Crippen molar-refractivity contribution in [3.63, 3.8) is 0 Å². The number of carbonyl (C=O) groups is 6. The van der Waals surface area contributed by atoms with Crippen molar-refractivity contribution < 1.29 is 33.5 Å². The summed E-state index contributed by atoms with van der Waals surface area (Å²) in [5.74, 6) is -2.50. The van der Waals surface area contributed by atoms with Crippen molar-refractivity contribution in [1.29, 1.82) is 0 Å². The van der Waals surface area contributed by atoms with Crippen LogP contribution in [0.5, 0.6) is 0 Å². The molecule has 224 valence electrons. The van der Waals surface area contributed by atoms with Crippen LogP contribution in [0.2, 0.25) is 0 Å². The summed E-state index contributed by atoms with van der Waals surface area (Å²) in [5.41, 5.74) is 0.823. The molecule has 0 saturated carbocycles. The summed E-state index contributed by atoms with van der Waals surface area (Å²) in [6.45, 7) is 5.06. The molecule has 0 radical (unpaired) electrons. The van der Waals surface area contributed by atoms with E-state index in [9.17, 15) is 28.8 Å². The van der Waals surface area contributed by atoms with E-state index in [0.29, 0.717) is 6.42 Å². The van der Waals surface area contributed by atoms with Gasteiger partial charge in [0.05, 0.1) is 13.1 Å².